The molecule has 72 valence electrons. The zero-order valence-electron chi connectivity index (χ0n) is 8.29. The quantitative estimate of drug-likeness (QED) is 0.512. The molecule has 0 radical (unpaired) electrons. The minimum Gasteiger partial charge on any atom is -0.252 e. The standard InChI is InChI=1S/C10H20O2/c1-7(2)9-4-8(3)5-10(6-9)12-11/h7-11H,4-6H2,1-3H3. The largest absolute Gasteiger partial charge is 0.252 e. The molecule has 0 spiro atoms. The van der Waals surface area contributed by atoms with E-state index in [0.717, 1.165) is 18.8 Å². The molecule has 3 unspecified atom stereocenters. The Morgan fingerprint density at radius 1 is 1.25 bits per heavy atom. The third-order valence-electron chi connectivity index (χ3n) is 3.03. The molecule has 0 bridgehead atoms. The number of hydrogen-bond acceptors (Lipinski definition) is 2. The zero-order valence-corrected chi connectivity index (χ0v) is 8.29. The normalized spacial score (nSPS) is 37.2. The van der Waals surface area contributed by atoms with E-state index in [-0.39, 0.29) is 6.10 Å². The first kappa shape index (κ1) is 10.0. The van der Waals surface area contributed by atoms with Crippen LogP contribution >= 0.6 is 0 Å². The van der Waals surface area contributed by atoms with Gasteiger partial charge in [-0.1, -0.05) is 20.8 Å². The summed E-state index contributed by atoms with van der Waals surface area (Å²) < 4.78 is 0. The van der Waals surface area contributed by atoms with Crippen LogP contribution in [0.15, 0.2) is 0 Å². The van der Waals surface area contributed by atoms with Crippen LogP contribution in [0, 0.1) is 17.8 Å². The van der Waals surface area contributed by atoms with Gasteiger partial charge in [-0.15, -0.1) is 0 Å². The Kier molecular flexibility index (Phi) is 3.53. The first-order valence-electron chi connectivity index (χ1n) is 4.93. The van der Waals surface area contributed by atoms with Crippen molar-refractivity contribution >= 4 is 0 Å². The second kappa shape index (κ2) is 4.24. The molecule has 1 rings (SSSR count). The van der Waals surface area contributed by atoms with Crippen LogP contribution in [0.1, 0.15) is 40.0 Å². The summed E-state index contributed by atoms with van der Waals surface area (Å²) in [6, 6.07) is 0. The minimum atomic E-state index is 0.0844. The fourth-order valence-electron chi connectivity index (χ4n) is 2.22. The highest BCUT2D eigenvalue weighted by molar-refractivity contribution is 4.78. The summed E-state index contributed by atoms with van der Waals surface area (Å²) in [5.74, 6) is 2.14. The summed E-state index contributed by atoms with van der Waals surface area (Å²) in [4.78, 5) is 4.44. The summed E-state index contributed by atoms with van der Waals surface area (Å²) >= 11 is 0. The van der Waals surface area contributed by atoms with E-state index >= 15 is 0 Å². The maximum absolute atomic E-state index is 8.61. The molecule has 1 fully saturated rings. The molecule has 1 aliphatic carbocycles. The number of rotatable bonds is 2. The maximum atomic E-state index is 8.61. The van der Waals surface area contributed by atoms with Crippen molar-refractivity contribution in [1.29, 1.82) is 0 Å². The fraction of sp³-hybridized carbons (Fsp3) is 1.00. The molecule has 0 saturated heterocycles. The van der Waals surface area contributed by atoms with Crippen molar-refractivity contribution < 1.29 is 10.1 Å². The van der Waals surface area contributed by atoms with Crippen LogP contribution in [-0.4, -0.2) is 11.4 Å². The lowest BCUT2D eigenvalue weighted by atomic mass is 9.76. The molecule has 0 aromatic heterocycles. The molecule has 1 aliphatic rings. The summed E-state index contributed by atoms with van der Waals surface area (Å²) in [6.45, 7) is 6.73. The zero-order chi connectivity index (χ0) is 9.14. The Bertz CT molecular complexity index is 134. The molecule has 2 nitrogen and oxygen atoms in total. The van der Waals surface area contributed by atoms with Crippen LogP contribution in [0.3, 0.4) is 0 Å². The third-order valence-corrected chi connectivity index (χ3v) is 3.03. The molecule has 0 aromatic carbocycles. The van der Waals surface area contributed by atoms with Gasteiger partial charge in [0.1, 0.15) is 0 Å². The van der Waals surface area contributed by atoms with E-state index in [1.165, 1.54) is 6.42 Å². The molecule has 1 saturated carbocycles. The van der Waals surface area contributed by atoms with E-state index in [4.69, 9.17) is 5.26 Å². The van der Waals surface area contributed by atoms with Crippen molar-refractivity contribution in [2.24, 2.45) is 17.8 Å². The highest BCUT2D eigenvalue weighted by Crippen LogP contribution is 2.34. The van der Waals surface area contributed by atoms with Gasteiger partial charge in [-0.3, -0.25) is 5.26 Å². The molecular formula is C10H20O2. The summed E-state index contributed by atoms with van der Waals surface area (Å²) in [6.07, 6.45) is 3.41. The summed E-state index contributed by atoms with van der Waals surface area (Å²) in [5, 5.41) is 8.61. The second-order valence-electron chi connectivity index (χ2n) is 4.54. The average Bonchev–Trinajstić information content (AvgIpc) is 2.03. The van der Waals surface area contributed by atoms with Gasteiger partial charge in [0.15, 0.2) is 0 Å². The van der Waals surface area contributed by atoms with Crippen molar-refractivity contribution in [3.63, 3.8) is 0 Å². The first-order valence-corrected chi connectivity index (χ1v) is 4.93. The second-order valence-corrected chi connectivity index (χ2v) is 4.54. The van der Waals surface area contributed by atoms with Gasteiger partial charge < -0.3 is 0 Å². The van der Waals surface area contributed by atoms with E-state index in [9.17, 15) is 0 Å². The van der Waals surface area contributed by atoms with Crippen molar-refractivity contribution in [2.75, 3.05) is 0 Å². The van der Waals surface area contributed by atoms with E-state index < -0.39 is 0 Å². The fourth-order valence-corrected chi connectivity index (χ4v) is 2.22. The lowest BCUT2D eigenvalue weighted by Crippen LogP contribution is -2.29. The van der Waals surface area contributed by atoms with Crippen LogP contribution in [0.4, 0.5) is 0 Å². The van der Waals surface area contributed by atoms with Gasteiger partial charge in [0, 0.05) is 0 Å². The predicted octanol–water partition coefficient (Wildman–Crippen LogP) is 2.94. The predicted molar refractivity (Wildman–Crippen MR) is 48.8 cm³/mol. The summed E-state index contributed by atoms with van der Waals surface area (Å²) in [5.41, 5.74) is 0. The van der Waals surface area contributed by atoms with Crippen molar-refractivity contribution in [3.8, 4) is 0 Å². The Hall–Kier alpha value is -0.0800. The number of hydrogen-bond donors (Lipinski definition) is 1. The van der Waals surface area contributed by atoms with E-state index in [2.05, 4.69) is 25.7 Å². The van der Waals surface area contributed by atoms with E-state index in [1.807, 2.05) is 0 Å². The van der Waals surface area contributed by atoms with Crippen molar-refractivity contribution in [2.45, 2.75) is 46.1 Å². The Morgan fingerprint density at radius 2 is 1.92 bits per heavy atom. The Morgan fingerprint density at radius 3 is 2.42 bits per heavy atom. The van der Waals surface area contributed by atoms with Gasteiger partial charge in [0.2, 0.25) is 0 Å². The Balaban J connectivity index is 2.45. The molecule has 0 aliphatic heterocycles. The smallest absolute Gasteiger partial charge is 0.0932 e. The first-order chi connectivity index (χ1) is 5.63. The SMILES string of the molecule is CC1CC(OO)CC(C(C)C)C1. The highest BCUT2D eigenvalue weighted by atomic mass is 17.1. The van der Waals surface area contributed by atoms with E-state index in [1.54, 1.807) is 0 Å². The van der Waals surface area contributed by atoms with Gasteiger partial charge in [0.25, 0.3) is 0 Å². The van der Waals surface area contributed by atoms with Gasteiger partial charge in [-0.05, 0) is 37.0 Å². The Labute approximate surface area is 74.9 Å². The molecule has 12 heavy (non-hydrogen) atoms. The topological polar surface area (TPSA) is 29.5 Å². The van der Waals surface area contributed by atoms with Gasteiger partial charge in [0.05, 0.1) is 6.10 Å². The van der Waals surface area contributed by atoms with Gasteiger partial charge >= 0.3 is 0 Å². The molecule has 3 atom stereocenters. The lowest BCUT2D eigenvalue weighted by Gasteiger charge is -2.33. The van der Waals surface area contributed by atoms with Crippen molar-refractivity contribution in [3.05, 3.63) is 0 Å². The average molecular weight is 172 g/mol. The molecule has 0 aromatic rings. The molecular weight excluding hydrogens is 152 g/mol. The molecule has 0 amide bonds. The molecule has 0 heterocycles. The van der Waals surface area contributed by atoms with Gasteiger partial charge in [-0.25, -0.2) is 4.89 Å². The maximum Gasteiger partial charge on any atom is 0.0932 e. The minimum absolute atomic E-state index is 0.0844. The molecule has 1 N–H and O–H groups in total. The highest BCUT2D eigenvalue weighted by Gasteiger charge is 2.28. The van der Waals surface area contributed by atoms with Crippen molar-refractivity contribution in [1.82, 2.24) is 0 Å². The third kappa shape index (κ3) is 2.46. The van der Waals surface area contributed by atoms with Crippen LogP contribution in [0.25, 0.3) is 0 Å². The van der Waals surface area contributed by atoms with E-state index in [0.29, 0.717) is 11.8 Å². The van der Waals surface area contributed by atoms with Crippen LogP contribution < -0.4 is 0 Å². The summed E-state index contributed by atoms with van der Waals surface area (Å²) in [7, 11) is 0. The van der Waals surface area contributed by atoms with Gasteiger partial charge in [-0.2, -0.15) is 0 Å². The van der Waals surface area contributed by atoms with Crippen LogP contribution in [-0.2, 0) is 4.89 Å². The van der Waals surface area contributed by atoms with Crippen LogP contribution in [0.2, 0.25) is 0 Å². The lowest BCUT2D eigenvalue weighted by molar-refractivity contribution is -0.290. The molecule has 2 heteroatoms. The van der Waals surface area contributed by atoms with Crippen LogP contribution in [0.5, 0.6) is 0 Å². The monoisotopic (exact) mass is 172 g/mol.